The van der Waals surface area contributed by atoms with Crippen LogP contribution >= 0.6 is 0 Å². The van der Waals surface area contributed by atoms with Gasteiger partial charge in [0.15, 0.2) is 0 Å². The van der Waals surface area contributed by atoms with E-state index in [9.17, 15) is 0 Å². The third-order valence-corrected chi connectivity index (χ3v) is 1.21. The van der Waals surface area contributed by atoms with Crippen LogP contribution in [0.2, 0.25) is 0 Å². The van der Waals surface area contributed by atoms with Gasteiger partial charge in [-0.1, -0.05) is 6.92 Å². The first-order valence-corrected chi connectivity index (χ1v) is 3.28. The van der Waals surface area contributed by atoms with Gasteiger partial charge >= 0.3 is 0 Å². The molecular formula is C7H15O3. The topological polar surface area (TPSA) is 27.7 Å². The molecule has 0 aromatic carbocycles. The fourth-order valence-electron chi connectivity index (χ4n) is 0.414. The molecule has 0 atom stereocenters. The highest BCUT2D eigenvalue weighted by atomic mass is 16.9. The van der Waals surface area contributed by atoms with Gasteiger partial charge in [0.2, 0.25) is 0 Å². The lowest BCUT2D eigenvalue weighted by atomic mass is 10.5. The summed E-state index contributed by atoms with van der Waals surface area (Å²) in [6.45, 7) is 5.33. The van der Waals surface area contributed by atoms with Crippen LogP contribution in [0.5, 0.6) is 0 Å². The zero-order valence-corrected chi connectivity index (χ0v) is 7.01. The zero-order valence-electron chi connectivity index (χ0n) is 7.01. The van der Waals surface area contributed by atoms with E-state index in [4.69, 9.17) is 14.2 Å². The average molecular weight is 147 g/mol. The standard InChI is InChI=1S/C7H15O3/c1-5-6-10-7(2,8-3)9-4/h6H,5H2,1-4H3. The third kappa shape index (κ3) is 3.15. The molecule has 3 nitrogen and oxygen atoms in total. The lowest BCUT2D eigenvalue weighted by Gasteiger charge is -2.25. The van der Waals surface area contributed by atoms with E-state index < -0.39 is 5.97 Å². The maximum absolute atomic E-state index is 5.11. The van der Waals surface area contributed by atoms with Crippen LogP contribution < -0.4 is 0 Å². The van der Waals surface area contributed by atoms with Crippen LogP contribution in [0.15, 0.2) is 0 Å². The highest BCUT2D eigenvalue weighted by Gasteiger charge is 2.22. The minimum atomic E-state index is -0.921. The van der Waals surface area contributed by atoms with Crippen molar-refractivity contribution in [3.05, 3.63) is 6.61 Å². The molecule has 0 saturated heterocycles. The molecule has 0 saturated carbocycles. The van der Waals surface area contributed by atoms with Crippen molar-refractivity contribution >= 4 is 0 Å². The molecule has 0 fully saturated rings. The predicted octanol–water partition coefficient (Wildman–Crippen LogP) is 1.54. The van der Waals surface area contributed by atoms with E-state index >= 15 is 0 Å². The molecule has 0 spiro atoms. The van der Waals surface area contributed by atoms with Crippen molar-refractivity contribution in [3.63, 3.8) is 0 Å². The molecule has 0 aliphatic heterocycles. The monoisotopic (exact) mass is 147 g/mol. The lowest BCUT2D eigenvalue weighted by molar-refractivity contribution is -0.338. The second kappa shape index (κ2) is 4.66. The molecule has 0 aliphatic carbocycles. The smallest absolute Gasteiger partial charge is 0.279 e. The SMILES string of the molecule is CC[CH]OC(C)(OC)OC. The van der Waals surface area contributed by atoms with Gasteiger partial charge < -0.3 is 14.2 Å². The first kappa shape index (κ1) is 9.88. The quantitative estimate of drug-likeness (QED) is 0.552. The normalized spacial score (nSPS) is 12.0. The van der Waals surface area contributed by atoms with Crippen molar-refractivity contribution in [1.82, 2.24) is 0 Å². The summed E-state index contributed by atoms with van der Waals surface area (Å²) < 4.78 is 14.9. The molecule has 61 valence electrons. The van der Waals surface area contributed by atoms with Gasteiger partial charge in [-0.25, -0.2) is 0 Å². The summed E-state index contributed by atoms with van der Waals surface area (Å²) in [6.07, 6.45) is 0.836. The Morgan fingerprint density at radius 3 is 2.10 bits per heavy atom. The molecule has 0 rings (SSSR count). The fraction of sp³-hybridized carbons (Fsp3) is 0.857. The molecule has 0 heterocycles. The Kier molecular flexibility index (Phi) is 4.60. The number of hydrogen-bond acceptors (Lipinski definition) is 3. The van der Waals surface area contributed by atoms with Gasteiger partial charge in [0, 0.05) is 21.1 Å². The van der Waals surface area contributed by atoms with Crippen LogP contribution in [0.1, 0.15) is 20.3 Å². The van der Waals surface area contributed by atoms with E-state index in [0.29, 0.717) is 0 Å². The Balaban J connectivity index is 3.58. The Bertz CT molecular complexity index is 78.9. The number of ether oxygens (including phenoxy) is 3. The predicted molar refractivity (Wildman–Crippen MR) is 38.1 cm³/mol. The van der Waals surface area contributed by atoms with Crippen LogP contribution in [0, 0.1) is 6.61 Å². The van der Waals surface area contributed by atoms with Crippen molar-refractivity contribution in [3.8, 4) is 0 Å². The van der Waals surface area contributed by atoms with Crippen molar-refractivity contribution in [2.45, 2.75) is 26.2 Å². The Morgan fingerprint density at radius 2 is 1.80 bits per heavy atom. The van der Waals surface area contributed by atoms with Gasteiger partial charge in [0.05, 0.1) is 6.61 Å². The van der Waals surface area contributed by atoms with Crippen molar-refractivity contribution in [1.29, 1.82) is 0 Å². The molecule has 3 heteroatoms. The first-order chi connectivity index (χ1) is 4.68. The number of hydrogen-bond donors (Lipinski definition) is 0. The van der Waals surface area contributed by atoms with E-state index in [2.05, 4.69) is 0 Å². The summed E-state index contributed by atoms with van der Waals surface area (Å²) in [5.74, 6) is -0.921. The second-order valence-corrected chi connectivity index (χ2v) is 1.96. The minimum Gasteiger partial charge on any atom is -0.331 e. The summed E-state index contributed by atoms with van der Waals surface area (Å²) in [5.41, 5.74) is 0. The third-order valence-electron chi connectivity index (χ3n) is 1.21. The lowest BCUT2D eigenvalue weighted by Crippen LogP contribution is -2.32. The van der Waals surface area contributed by atoms with Gasteiger partial charge in [-0.3, -0.25) is 0 Å². The van der Waals surface area contributed by atoms with Crippen molar-refractivity contribution in [2.75, 3.05) is 14.2 Å². The van der Waals surface area contributed by atoms with E-state index in [1.165, 1.54) is 14.2 Å². The Hall–Kier alpha value is -0.120. The Labute approximate surface area is 62.3 Å². The van der Waals surface area contributed by atoms with Gasteiger partial charge in [0.1, 0.15) is 0 Å². The summed E-state index contributed by atoms with van der Waals surface area (Å²) >= 11 is 0. The van der Waals surface area contributed by atoms with Crippen LogP contribution in [-0.4, -0.2) is 20.2 Å². The zero-order chi connectivity index (χ0) is 8.04. The van der Waals surface area contributed by atoms with Crippen LogP contribution in [0.25, 0.3) is 0 Å². The number of methoxy groups -OCH3 is 2. The van der Waals surface area contributed by atoms with E-state index in [0.717, 1.165) is 6.42 Å². The molecule has 0 unspecified atom stereocenters. The first-order valence-electron chi connectivity index (χ1n) is 3.28. The molecule has 0 bridgehead atoms. The highest BCUT2D eigenvalue weighted by Crippen LogP contribution is 2.13. The molecule has 0 aliphatic rings. The second-order valence-electron chi connectivity index (χ2n) is 1.96. The molecule has 10 heavy (non-hydrogen) atoms. The summed E-state index contributed by atoms with van der Waals surface area (Å²) in [5, 5.41) is 0. The summed E-state index contributed by atoms with van der Waals surface area (Å²) in [6, 6.07) is 0. The maximum Gasteiger partial charge on any atom is 0.279 e. The molecule has 0 aromatic heterocycles. The van der Waals surface area contributed by atoms with Gasteiger partial charge in [-0.2, -0.15) is 0 Å². The van der Waals surface area contributed by atoms with Crippen LogP contribution in [-0.2, 0) is 14.2 Å². The molecule has 0 amide bonds. The van der Waals surface area contributed by atoms with E-state index in [-0.39, 0.29) is 0 Å². The minimum absolute atomic E-state index is 0.836. The van der Waals surface area contributed by atoms with Gasteiger partial charge in [-0.05, 0) is 6.42 Å². The summed E-state index contributed by atoms with van der Waals surface area (Å²) in [4.78, 5) is 0. The largest absolute Gasteiger partial charge is 0.331 e. The average Bonchev–Trinajstić information content (AvgIpc) is 2.00. The van der Waals surface area contributed by atoms with Crippen LogP contribution in [0.4, 0.5) is 0 Å². The Morgan fingerprint density at radius 1 is 1.30 bits per heavy atom. The van der Waals surface area contributed by atoms with Gasteiger partial charge in [-0.15, -0.1) is 0 Å². The fourth-order valence-corrected chi connectivity index (χ4v) is 0.414. The molecule has 0 aromatic rings. The van der Waals surface area contributed by atoms with Crippen LogP contribution in [0.3, 0.4) is 0 Å². The summed E-state index contributed by atoms with van der Waals surface area (Å²) in [7, 11) is 3.07. The van der Waals surface area contributed by atoms with E-state index in [1.807, 2.05) is 6.92 Å². The maximum atomic E-state index is 5.11. The van der Waals surface area contributed by atoms with Crippen molar-refractivity contribution < 1.29 is 14.2 Å². The highest BCUT2D eigenvalue weighted by molar-refractivity contribution is 4.51. The van der Waals surface area contributed by atoms with Crippen molar-refractivity contribution in [2.24, 2.45) is 0 Å². The molecule has 0 N–H and O–H groups in total. The molecule has 1 radical (unpaired) electrons. The van der Waals surface area contributed by atoms with Gasteiger partial charge in [0.25, 0.3) is 5.97 Å². The molecular weight excluding hydrogens is 132 g/mol. The van der Waals surface area contributed by atoms with E-state index in [1.54, 1.807) is 13.5 Å². The number of rotatable bonds is 5.